The largest absolute Gasteiger partial charge is 0.294 e. The van der Waals surface area contributed by atoms with Gasteiger partial charge in [0.25, 0.3) is 0 Å². The molecule has 0 saturated heterocycles. The van der Waals surface area contributed by atoms with Crippen molar-refractivity contribution < 1.29 is 9.18 Å². The first-order valence-corrected chi connectivity index (χ1v) is 6.32. The molecule has 18 heavy (non-hydrogen) atoms. The van der Waals surface area contributed by atoms with Gasteiger partial charge in [0.15, 0.2) is 5.78 Å². The number of carbonyl (C=O) groups is 1. The smallest absolute Gasteiger partial charge is 0.163 e. The number of rotatable bonds is 4. The van der Waals surface area contributed by atoms with Gasteiger partial charge in [0.1, 0.15) is 5.82 Å². The topological polar surface area (TPSA) is 34.9 Å². The van der Waals surface area contributed by atoms with Gasteiger partial charge in [-0.3, -0.25) is 9.48 Å². The fourth-order valence-corrected chi connectivity index (χ4v) is 2.08. The maximum atomic E-state index is 13.1. The van der Waals surface area contributed by atoms with E-state index in [9.17, 15) is 9.18 Å². The highest BCUT2D eigenvalue weighted by molar-refractivity contribution is 9.10. The lowest BCUT2D eigenvalue weighted by Crippen LogP contribution is -2.05. The summed E-state index contributed by atoms with van der Waals surface area (Å²) in [6.07, 6.45) is 2.72. The fourth-order valence-electron chi connectivity index (χ4n) is 1.70. The second-order valence-electron chi connectivity index (χ2n) is 4.00. The van der Waals surface area contributed by atoms with E-state index in [1.807, 2.05) is 13.1 Å². The molecule has 0 saturated carbocycles. The molecule has 0 unspecified atom stereocenters. The molecule has 0 aliphatic rings. The van der Waals surface area contributed by atoms with Crippen molar-refractivity contribution in [1.29, 1.82) is 0 Å². The van der Waals surface area contributed by atoms with Crippen LogP contribution in [0.3, 0.4) is 0 Å². The van der Waals surface area contributed by atoms with Crippen molar-refractivity contribution in [2.75, 3.05) is 0 Å². The first kappa shape index (κ1) is 13.0. The monoisotopic (exact) mass is 310 g/mol. The molecule has 0 aliphatic heterocycles. The minimum Gasteiger partial charge on any atom is -0.294 e. The van der Waals surface area contributed by atoms with Crippen molar-refractivity contribution >= 4 is 21.7 Å². The van der Waals surface area contributed by atoms with Crippen molar-refractivity contribution in [1.82, 2.24) is 9.78 Å². The Morgan fingerprint density at radius 2 is 2.22 bits per heavy atom. The lowest BCUT2D eigenvalue weighted by Gasteiger charge is -2.03. The normalized spacial score (nSPS) is 10.6. The minimum atomic E-state index is -0.363. The van der Waals surface area contributed by atoms with E-state index in [-0.39, 0.29) is 11.6 Å². The predicted molar refractivity (Wildman–Crippen MR) is 70.0 cm³/mol. The molecule has 0 amide bonds. The third kappa shape index (κ3) is 2.85. The molecule has 0 radical (unpaired) electrons. The van der Waals surface area contributed by atoms with Crippen LogP contribution in [0.5, 0.6) is 0 Å². The van der Waals surface area contributed by atoms with Crippen LogP contribution in [0, 0.1) is 5.82 Å². The quantitative estimate of drug-likeness (QED) is 0.813. The zero-order chi connectivity index (χ0) is 13.1. The summed E-state index contributed by atoms with van der Waals surface area (Å²) >= 11 is 3.07. The van der Waals surface area contributed by atoms with Crippen molar-refractivity contribution in [2.24, 2.45) is 7.05 Å². The van der Waals surface area contributed by atoms with Crippen LogP contribution in [0.2, 0.25) is 0 Å². The molecule has 0 spiro atoms. The number of carbonyl (C=O) groups excluding carboxylic acids is 1. The van der Waals surface area contributed by atoms with Crippen molar-refractivity contribution in [2.45, 2.75) is 12.8 Å². The molecule has 2 rings (SSSR count). The van der Waals surface area contributed by atoms with E-state index in [0.717, 1.165) is 5.69 Å². The van der Waals surface area contributed by atoms with Crippen LogP contribution in [0.15, 0.2) is 34.9 Å². The van der Waals surface area contributed by atoms with Crippen molar-refractivity contribution in [3.05, 3.63) is 52.0 Å². The summed E-state index contributed by atoms with van der Waals surface area (Å²) in [5.74, 6) is -0.366. The second kappa shape index (κ2) is 5.44. The van der Waals surface area contributed by atoms with E-state index >= 15 is 0 Å². The van der Waals surface area contributed by atoms with Gasteiger partial charge in [-0.15, -0.1) is 0 Å². The summed E-state index contributed by atoms with van der Waals surface area (Å²) in [4.78, 5) is 11.9. The molecule has 0 atom stereocenters. The van der Waals surface area contributed by atoms with Crippen LogP contribution >= 0.6 is 15.9 Å². The fraction of sp³-hybridized carbons (Fsp3) is 0.231. The van der Waals surface area contributed by atoms with Gasteiger partial charge in [-0.25, -0.2) is 4.39 Å². The first-order valence-electron chi connectivity index (χ1n) is 5.53. The van der Waals surface area contributed by atoms with Crippen LogP contribution < -0.4 is 0 Å². The number of benzene rings is 1. The Hall–Kier alpha value is -1.49. The molecule has 1 heterocycles. The van der Waals surface area contributed by atoms with E-state index in [4.69, 9.17) is 0 Å². The van der Waals surface area contributed by atoms with Gasteiger partial charge in [-0.2, -0.15) is 5.10 Å². The molecule has 0 N–H and O–H groups in total. The zero-order valence-electron chi connectivity index (χ0n) is 9.86. The van der Waals surface area contributed by atoms with E-state index < -0.39 is 0 Å². The van der Waals surface area contributed by atoms with Gasteiger partial charge >= 0.3 is 0 Å². The third-order valence-corrected chi connectivity index (χ3v) is 3.38. The van der Waals surface area contributed by atoms with Gasteiger partial charge in [-0.05, 0) is 46.6 Å². The predicted octanol–water partition coefficient (Wildman–Crippen LogP) is 3.14. The average molecular weight is 311 g/mol. The molecular formula is C13H12BrFN2O. The summed E-state index contributed by atoms with van der Waals surface area (Å²) in [5, 5.41) is 4.04. The molecule has 0 aliphatic carbocycles. The molecular weight excluding hydrogens is 299 g/mol. The van der Waals surface area contributed by atoms with E-state index in [0.29, 0.717) is 22.9 Å². The van der Waals surface area contributed by atoms with Gasteiger partial charge in [-0.1, -0.05) is 0 Å². The Balaban J connectivity index is 2.04. The Kier molecular flexibility index (Phi) is 3.91. The lowest BCUT2D eigenvalue weighted by molar-refractivity contribution is 0.0982. The molecule has 2 aromatic rings. The number of ketones is 1. The van der Waals surface area contributed by atoms with Crippen LogP contribution in [0.25, 0.3) is 0 Å². The van der Waals surface area contributed by atoms with Gasteiger partial charge in [0.2, 0.25) is 0 Å². The highest BCUT2D eigenvalue weighted by atomic mass is 79.9. The van der Waals surface area contributed by atoms with Crippen LogP contribution in [0.4, 0.5) is 4.39 Å². The molecule has 5 heteroatoms. The molecule has 1 aromatic heterocycles. The van der Waals surface area contributed by atoms with Gasteiger partial charge < -0.3 is 0 Å². The van der Waals surface area contributed by atoms with Crippen molar-refractivity contribution in [3.63, 3.8) is 0 Å². The SMILES string of the molecule is Cn1nccc1CCC(=O)c1ccc(F)c(Br)c1. The second-order valence-corrected chi connectivity index (χ2v) is 4.85. The Labute approximate surface area is 113 Å². The molecule has 94 valence electrons. The van der Waals surface area contributed by atoms with Crippen molar-refractivity contribution in [3.8, 4) is 0 Å². The summed E-state index contributed by atoms with van der Waals surface area (Å²) < 4.78 is 15.1. The summed E-state index contributed by atoms with van der Waals surface area (Å²) in [6.45, 7) is 0. The minimum absolute atomic E-state index is 0.00287. The Morgan fingerprint density at radius 1 is 1.44 bits per heavy atom. The first-order chi connectivity index (χ1) is 8.58. The zero-order valence-corrected chi connectivity index (χ0v) is 11.4. The van der Waals surface area contributed by atoms with Crippen LogP contribution in [-0.4, -0.2) is 15.6 Å². The van der Waals surface area contributed by atoms with Crippen LogP contribution in [0.1, 0.15) is 22.5 Å². The number of hydrogen-bond donors (Lipinski definition) is 0. The molecule has 1 aromatic carbocycles. The maximum Gasteiger partial charge on any atom is 0.163 e. The number of aryl methyl sites for hydroxylation is 2. The highest BCUT2D eigenvalue weighted by Gasteiger charge is 2.09. The maximum absolute atomic E-state index is 13.1. The number of hydrogen-bond acceptors (Lipinski definition) is 2. The van der Waals surface area contributed by atoms with Gasteiger partial charge in [0, 0.05) is 30.9 Å². The molecule has 3 nitrogen and oxygen atoms in total. The third-order valence-electron chi connectivity index (χ3n) is 2.77. The summed E-state index contributed by atoms with van der Waals surface area (Å²) in [5.41, 5.74) is 1.52. The number of nitrogens with zero attached hydrogens (tertiary/aromatic N) is 2. The summed E-state index contributed by atoms with van der Waals surface area (Å²) in [7, 11) is 1.84. The Bertz CT molecular complexity index is 580. The molecule has 0 fully saturated rings. The summed E-state index contributed by atoms with van der Waals surface area (Å²) in [6, 6.07) is 6.20. The number of aromatic nitrogens is 2. The average Bonchev–Trinajstić information content (AvgIpc) is 2.75. The number of Topliss-reactive ketones (excluding diaryl/α,β-unsaturated/α-hetero) is 1. The number of halogens is 2. The van der Waals surface area contributed by atoms with Crippen LogP contribution in [-0.2, 0) is 13.5 Å². The van der Waals surface area contributed by atoms with Gasteiger partial charge in [0.05, 0.1) is 4.47 Å². The standard InChI is InChI=1S/C13H12BrFN2O/c1-17-10(6-7-16-17)3-5-13(18)9-2-4-12(15)11(14)8-9/h2,4,6-8H,3,5H2,1H3. The lowest BCUT2D eigenvalue weighted by atomic mass is 10.1. The van der Waals surface area contributed by atoms with E-state index in [1.54, 1.807) is 10.9 Å². The highest BCUT2D eigenvalue weighted by Crippen LogP contribution is 2.18. The van der Waals surface area contributed by atoms with E-state index in [1.165, 1.54) is 18.2 Å². The Morgan fingerprint density at radius 3 is 2.83 bits per heavy atom. The van der Waals surface area contributed by atoms with E-state index in [2.05, 4.69) is 21.0 Å². The molecule has 0 bridgehead atoms.